The Morgan fingerprint density at radius 2 is 2.00 bits per heavy atom. The van der Waals surface area contributed by atoms with Gasteiger partial charge in [-0.25, -0.2) is 4.79 Å². The molecular weight excluding hydrogens is 368 g/mol. The van der Waals surface area contributed by atoms with E-state index in [-0.39, 0.29) is 13.4 Å². The molecule has 3 aromatic rings. The number of methoxy groups -OCH3 is 1. The fourth-order valence-electron chi connectivity index (χ4n) is 3.19. The zero-order valence-electron chi connectivity index (χ0n) is 17.1. The van der Waals surface area contributed by atoms with Gasteiger partial charge in [0.15, 0.2) is 6.79 Å². The summed E-state index contributed by atoms with van der Waals surface area (Å²) in [7, 11) is 1.51. The lowest BCUT2D eigenvalue weighted by molar-refractivity contribution is 0.0438. The first-order valence-corrected chi connectivity index (χ1v) is 9.48. The van der Waals surface area contributed by atoms with Crippen molar-refractivity contribution in [3.05, 3.63) is 59.3 Å². The quantitative estimate of drug-likeness (QED) is 0.427. The first-order valence-electron chi connectivity index (χ1n) is 9.48. The van der Waals surface area contributed by atoms with Crippen molar-refractivity contribution in [1.29, 1.82) is 5.26 Å². The standard InChI is InChI=1S/C23H24N2O4/c1-5-28-23(26)20-9-7-18(11-22(20)29-14-27-4)25-13-17(12-24)19-8-6-16(15(2)3)10-21(19)25/h6-11,13,15H,5,14H2,1-4H3. The topological polar surface area (TPSA) is 73.5 Å². The van der Waals surface area contributed by atoms with E-state index >= 15 is 0 Å². The van der Waals surface area contributed by atoms with Gasteiger partial charge in [-0.3, -0.25) is 0 Å². The predicted molar refractivity (Wildman–Crippen MR) is 111 cm³/mol. The molecule has 2 aromatic carbocycles. The summed E-state index contributed by atoms with van der Waals surface area (Å²) in [6.07, 6.45) is 1.80. The van der Waals surface area contributed by atoms with Crippen molar-refractivity contribution in [2.24, 2.45) is 0 Å². The summed E-state index contributed by atoms with van der Waals surface area (Å²) in [4.78, 5) is 12.3. The maximum Gasteiger partial charge on any atom is 0.341 e. The molecule has 3 rings (SSSR count). The van der Waals surface area contributed by atoms with E-state index in [4.69, 9.17) is 14.2 Å². The molecule has 0 atom stereocenters. The second-order valence-corrected chi connectivity index (χ2v) is 6.91. The predicted octanol–water partition coefficient (Wildman–Crippen LogP) is 4.78. The van der Waals surface area contributed by atoms with E-state index in [1.807, 2.05) is 16.7 Å². The molecule has 0 N–H and O–H groups in total. The van der Waals surface area contributed by atoms with Crippen molar-refractivity contribution in [3.8, 4) is 17.5 Å². The average molecular weight is 392 g/mol. The van der Waals surface area contributed by atoms with E-state index in [1.54, 1.807) is 25.3 Å². The second kappa shape index (κ2) is 8.80. The van der Waals surface area contributed by atoms with Crippen LogP contribution in [0.3, 0.4) is 0 Å². The number of esters is 1. The van der Waals surface area contributed by atoms with Crippen molar-refractivity contribution in [3.63, 3.8) is 0 Å². The van der Waals surface area contributed by atoms with Gasteiger partial charge in [-0.05, 0) is 36.6 Å². The molecule has 150 valence electrons. The van der Waals surface area contributed by atoms with Gasteiger partial charge in [0.1, 0.15) is 17.4 Å². The minimum Gasteiger partial charge on any atom is -0.467 e. The normalized spacial score (nSPS) is 10.9. The molecule has 29 heavy (non-hydrogen) atoms. The molecule has 0 bridgehead atoms. The van der Waals surface area contributed by atoms with Crippen LogP contribution in [0.15, 0.2) is 42.6 Å². The molecule has 0 fully saturated rings. The van der Waals surface area contributed by atoms with Crippen molar-refractivity contribution < 1.29 is 19.0 Å². The molecule has 0 unspecified atom stereocenters. The molecule has 0 aliphatic rings. The Bertz CT molecular complexity index is 1080. The van der Waals surface area contributed by atoms with Crippen molar-refractivity contribution in [2.45, 2.75) is 26.7 Å². The maximum absolute atomic E-state index is 12.3. The Morgan fingerprint density at radius 1 is 1.21 bits per heavy atom. The number of nitrogens with zero attached hydrogens (tertiary/aromatic N) is 2. The van der Waals surface area contributed by atoms with Crippen LogP contribution in [0.4, 0.5) is 0 Å². The molecule has 1 heterocycles. The van der Waals surface area contributed by atoms with Crippen molar-refractivity contribution in [1.82, 2.24) is 4.57 Å². The second-order valence-electron chi connectivity index (χ2n) is 6.91. The highest BCUT2D eigenvalue weighted by atomic mass is 16.7. The first kappa shape index (κ1) is 20.4. The van der Waals surface area contributed by atoms with Gasteiger partial charge in [-0.1, -0.05) is 26.0 Å². The van der Waals surface area contributed by atoms with Crippen LogP contribution in [0.5, 0.6) is 5.75 Å². The van der Waals surface area contributed by atoms with Crippen LogP contribution in [0.25, 0.3) is 16.6 Å². The van der Waals surface area contributed by atoms with E-state index in [9.17, 15) is 10.1 Å². The van der Waals surface area contributed by atoms with Crippen LogP contribution in [-0.2, 0) is 9.47 Å². The summed E-state index contributed by atoms with van der Waals surface area (Å²) in [5.74, 6) is 0.269. The third-order valence-corrected chi connectivity index (χ3v) is 4.69. The lowest BCUT2D eigenvalue weighted by atomic mass is 10.0. The Balaban J connectivity index is 2.16. The van der Waals surface area contributed by atoms with Crippen molar-refractivity contribution in [2.75, 3.05) is 20.5 Å². The average Bonchev–Trinajstić information content (AvgIpc) is 3.10. The molecule has 0 saturated carbocycles. The molecule has 1 aromatic heterocycles. The molecule has 0 amide bonds. The van der Waals surface area contributed by atoms with E-state index < -0.39 is 5.97 Å². The van der Waals surface area contributed by atoms with Crippen LogP contribution in [0, 0.1) is 11.3 Å². The van der Waals surface area contributed by atoms with E-state index in [1.165, 1.54) is 12.7 Å². The van der Waals surface area contributed by atoms with Crippen LogP contribution in [0.1, 0.15) is 48.2 Å². The number of rotatable bonds is 7. The number of hydrogen-bond acceptors (Lipinski definition) is 5. The van der Waals surface area contributed by atoms with Gasteiger partial charge in [-0.2, -0.15) is 5.26 Å². The fraction of sp³-hybridized carbons (Fsp3) is 0.304. The minimum absolute atomic E-state index is 0.00320. The molecular formula is C23H24N2O4. The Morgan fingerprint density at radius 3 is 2.66 bits per heavy atom. The van der Waals surface area contributed by atoms with Crippen LogP contribution in [-0.4, -0.2) is 31.0 Å². The van der Waals surface area contributed by atoms with Crippen molar-refractivity contribution >= 4 is 16.9 Å². The molecule has 0 radical (unpaired) electrons. The van der Waals surface area contributed by atoms with Gasteiger partial charge in [-0.15, -0.1) is 0 Å². The number of nitriles is 1. The molecule has 0 aliphatic heterocycles. The Kier molecular flexibility index (Phi) is 6.20. The maximum atomic E-state index is 12.3. The molecule has 6 nitrogen and oxygen atoms in total. The summed E-state index contributed by atoms with van der Waals surface area (Å²) in [5, 5.41) is 10.4. The highest BCUT2D eigenvalue weighted by molar-refractivity contribution is 5.93. The fourth-order valence-corrected chi connectivity index (χ4v) is 3.19. The zero-order valence-corrected chi connectivity index (χ0v) is 17.1. The Hall–Kier alpha value is -3.30. The van der Waals surface area contributed by atoms with E-state index in [0.717, 1.165) is 16.6 Å². The zero-order chi connectivity index (χ0) is 21.0. The third kappa shape index (κ3) is 4.10. The monoisotopic (exact) mass is 392 g/mol. The summed E-state index contributed by atoms with van der Waals surface area (Å²) in [6, 6.07) is 13.6. The Labute approximate surface area is 170 Å². The lowest BCUT2D eigenvalue weighted by Gasteiger charge is -2.14. The van der Waals surface area contributed by atoms with Crippen LogP contribution in [0.2, 0.25) is 0 Å². The largest absolute Gasteiger partial charge is 0.467 e. The molecule has 6 heteroatoms. The number of benzene rings is 2. The summed E-state index contributed by atoms with van der Waals surface area (Å²) in [6.45, 7) is 6.29. The number of carbonyl (C=O) groups excluding carboxylic acids is 1. The smallest absolute Gasteiger partial charge is 0.341 e. The number of aromatic nitrogens is 1. The van der Waals surface area contributed by atoms with Crippen LogP contribution >= 0.6 is 0 Å². The summed E-state index contributed by atoms with van der Waals surface area (Å²) in [5.41, 5.74) is 3.79. The number of carbonyl (C=O) groups is 1. The highest BCUT2D eigenvalue weighted by Crippen LogP contribution is 2.30. The summed E-state index contributed by atoms with van der Waals surface area (Å²) < 4.78 is 17.7. The van der Waals surface area contributed by atoms with Gasteiger partial charge in [0.05, 0.1) is 17.7 Å². The minimum atomic E-state index is -0.456. The molecule has 0 aliphatic carbocycles. The van der Waals surface area contributed by atoms with E-state index in [2.05, 4.69) is 32.0 Å². The molecule has 0 spiro atoms. The van der Waals surface area contributed by atoms with Gasteiger partial charge >= 0.3 is 5.97 Å². The SMILES string of the molecule is CCOC(=O)c1ccc(-n2cc(C#N)c3ccc(C(C)C)cc32)cc1OCOC. The molecule has 0 saturated heterocycles. The lowest BCUT2D eigenvalue weighted by Crippen LogP contribution is -2.10. The number of fused-ring (bicyclic) bond motifs is 1. The number of ether oxygens (including phenoxy) is 3. The van der Waals surface area contributed by atoms with Gasteiger partial charge in [0, 0.05) is 30.4 Å². The summed E-state index contributed by atoms with van der Waals surface area (Å²) >= 11 is 0. The van der Waals surface area contributed by atoms with Gasteiger partial charge < -0.3 is 18.8 Å². The van der Waals surface area contributed by atoms with E-state index in [0.29, 0.717) is 22.8 Å². The first-order chi connectivity index (χ1) is 14.0. The number of hydrogen-bond donors (Lipinski definition) is 0. The highest BCUT2D eigenvalue weighted by Gasteiger charge is 2.17. The van der Waals surface area contributed by atoms with Crippen LogP contribution < -0.4 is 4.74 Å². The third-order valence-electron chi connectivity index (χ3n) is 4.69. The van der Waals surface area contributed by atoms with Gasteiger partial charge in [0.25, 0.3) is 0 Å². The van der Waals surface area contributed by atoms with Gasteiger partial charge in [0.2, 0.25) is 0 Å².